The minimum Gasteiger partial charge on any atom is -0.355 e. The molecule has 0 saturated carbocycles. The van der Waals surface area contributed by atoms with Gasteiger partial charge in [0.05, 0.1) is 10.6 Å². The number of carbonyl (C=O) groups is 1. The number of rotatable bonds is 9. The van der Waals surface area contributed by atoms with Crippen LogP contribution < -0.4 is 9.62 Å². The van der Waals surface area contributed by atoms with Crippen LogP contribution >= 0.6 is 0 Å². The van der Waals surface area contributed by atoms with E-state index in [2.05, 4.69) is 11.4 Å². The minimum absolute atomic E-state index is 0.0691. The van der Waals surface area contributed by atoms with Gasteiger partial charge in [0.25, 0.3) is 10.0 Å². The summed E-state index contributed by atoms with van der Waals surface area (Å²) in [5.74, 6) is -0.906. The van der Waals surface area contributed by atoms with Crippen molar-refractivity contribution in [2.45, 2.75) is 31.6 Å². The summed E-state index contributed by atoms with van der Waals surface area (Å²) in [5, 5.41) is 2.79. The Morgan fingerprint density at radius 2 is 1.62 bits per heavy atom. The van der Waals surface area contributed by atoms with Crippen molar-refractivity contribution in [2.24, 2.45) is 0 Å². The zero-order chi connectivity index (χ0) is 23.1. The van der Waals surface area contributed by atoms with Crippen LogP contribution in [0.4, 0.5) is 10.1 Å². The maximum absolute atomic E-state index is 13.4. The molecule has 0 atom stereocenters. The van der Waals surface area contributed by atoms with Crippen molar-refractivity contribution in [3.05, 3.63) is 95.3 Å². The van der Waals surface area contributed by atoms with Crippen molar-refractivity contribution in [2.75, 3.05) is 17.4 Å². The van der Waals surface area contributed by atoms with E-state index < -0.39 is 28.3 Å². The second kappa shape index (κ2) is 10.4. The van der Waals surface area contributed by atoms with Gasteiger partial charge in [-0.3, -0.25) is 9.10 Å². The fourth-order valence-corrected chi connectivity index (χ4v) is 4.76. The third-order valence-electron chi connectivity index (χ3n) is 5.06. The van der Waals surface area contributed by atoms with Gasteiger partial charge in [0.15, 0.2) is 0 Å². The summed E-state index contributed by atoms with van der Waals surface area (Å²) < 4.78 is 40.9. The molecular formula is C25H27FN2O3S. The SMILES string of the molecule is Cc1ccc(S(=O)(=O)N(CC(=O)NCCCc2cccc(C)c2)c2ccc(F)cc2)cc1. The molecule has 168 valence electrons. The average molecular weight is 455 g/mol. The van der Waals surface area contributed by atoms with Crippen LogP contribution in [-0.4, -0.2) is 27.4 Å². The van der Waals surface area contributed by atoms with Gasteiger partial charge in [0.2, 0.25) is 5.91 Å². The summed E-state index contributed by atoms with van der Waals surface area (Å²) in [6.07, 6.45) is 1.54. The van der Waals surface area contributed by atoms with Gasteiger partial charge in [-0.1, -0.05) is 47.5 Å². The Bertz CT molecular complexity index is 1160. The summed E-state index contributed by atoms with van der Waals surface area (Å²) in [5.41, 5.74) is 3.52. The highest BCUT2D eigenvalue weighted by Crippen LogP contribution is 2.24. The van der Waals surface area contributed by atoms with E-state index in [0.29, 0.717) is 6.54 Å². The molecule has 0 fully saturated rings. The first-order valence-electron chi connectivity index (χ1n) is 10.4. The molecular weight excluding hydrogens is 427 g/mol. The first kappa shape index (κ1) is 23.5. The molecule has 3 rings (SSSR count). The van der Waals surface area contributed by atoms with E-state index in [4.69, 9.17) is 0 Å². The Morgan fingerprint density at radius 3 is 2.28 bits per heavy atom. The van der Waals surface area contributed by atoms with E-state index in [1.165, 1.54) is 47.5 Å². The fraction of sp³-hybridized carbons (Fsp3) is 0.240. The maximum atomic E-state index is 13.4. The van der Waals surface area contributed by atoms with Gasteiger partial charge >= 0.3 is 0 Å². The summed E-state index contributed by atoms with van der Waals surface area (Å²) in [7, 11) is -4.01. The molecule has 0 aliphatic rings. The highest BCUT2D eigenvalue weighted by molar-refractivity contribution is 7.92. The van der Waals surface area contributed by atoms with Crippen LogP contribution in [0.2, 0.25) is 0 Å². The molecule has 0 heterocycles. The number of carbonyl (C=O) groups excluding carboxylic acids is 1. The van der Waals surface area contributed by atoms with E-state index >= 15 is 0 Å². The normalized spacial score (nSPS) is 11.2. The highest BCUT2D eigenvalue weighted by Gasteiger charge is 2.27. The molecule has 0 bridgehead atoms. The van der Waals surface area contributed by atoms with Crippen LogP contribution in [0.15, 0.2) is 77.7 Å². The monoisotopic (exact) mass is 454 g/mol. The minimum atomic E-state index is -4.01. The molecule has 7 heteroatoms. The Labute approximate surface area is 188 Å². The van der Waals surface area contributed by atoms with Crippen LogP contribution in [0.5, 0.6) is 0 Å². The lowest BCUT2D eigenvalue weighted by atomic mass is 10.1. The summed E-state index contributed by atoms with van der Waals surface area (Å²) in [6.45, 7) is 3.92. The zero-order valence-corrected chi connectivity index (χ0v) is 19.0. The maximum Gasteiger partial charge on any atom is 0.264 e. The number of hydrogen-bond acceptors (Lipinski definition) is 3. The number of halogens is 1. The summed E-state index contributed by atoms with van der Waals surface area (Å²) >= 11 is 0. The number of benzene rings is 3. The predicted octanol–water partition coefficient (Wildman–Crippen LogP) is 4.39. The molecule has 1 N–H and O–H groups in total. The molecule has 3 aromatic carbocycles. The lowest BCUT2D eigenvalue weighted by Crippen LogP contribution is -2.41. The second-order valence-corrected chi connectivity index (χ2v) is 9.61. The number of sulfonamides is 1. The first-order valence-corrected chi connectivity index (χ1v) is 11.9. The Morgan fingerprint density at radius 1 is 0.938 bits per heavy atom. The molecule has 0 radical (unpaired) electrons. The Kier molecular flexibility index (Phi) is 7.64. The van der Waals surface area contributed by atoms with Crippen LogP contribution in [0.1, 0.15) is 23.1 Å². The molecule has 32 heavy (non-hydrogen) atoms. The number of aryl methyl sites for hydroxylation is 3. The van der Waals surface area contributed by atoms with Crippen molar-refractivity contribution in [1.82, 2.24) is 5.32 Å². The van der Waals surface area contributed by atoms with E-state index in [-0.39, 0.29) is 10.6 Å². The molecule has 0 aromatic heterocycles. The molecule has 0 aliphatic carbocycles. The van der Waals surface area contributed by atoms with Crippen LogP contribution in [0, 0.1) is 19.7 Å². The summed E-state index contributed by atoms with van der Waals surface area (Å²) in [6, 6.07) is 19.6. The van der Waals surface area contributed by atoms with Gasteiger partial charge < -0.3 is 5.32 Å². The third kappa shape index (κ3) is 6.17. The number of hydrogen-bond donors (Lipinski definition) is 1. The smallest absolute Gasteiger partial charge is 0.264 e. The van der Waals surface area contributed by atoms with Crippen molar-refractivity contribution in [3.63, 3.8) is 0 Å². The van der Waals surface area contributed by atoms with Crippen LogP contribution in [-0.2, 0) is 21.2 Å². The average Bonchev–Trinajstić information content (AvgIpc) is 2.76. The molecule has 3 aromatic rings. The Hall–Kier alpha value is -3.19. The molecule has 0 unspecified atom stereocenters. The van der Waals surface area contributed by atoms with E-state index in [0.717, 1.165) is 22.7 Å². The van der Waals surface area contributed by atoms with Crippen molar-refractivity contribution >= 4 is 21.6 Å². The van der Waals surface area contributed by atoms with Gasteiger partial charge in [-0.25, -0.2) is 12.8 Å². The van der Waals surface area contributed by atoms with Gasteiger partial charge in [0.1, 0.15) is 12.4 Å². The van der Waals surface area contributed by atoms with Gasteiger partial charge in [-0.15, -0.1) is 0 Å². The van der Waals surface area contributed by atoms with Crippen molar-refractivity contribution in [3.8, 4) is 0 Å². The fourth-order valence-electron chi connectivity index (χ4n) is 3.33. The van der Waals surface area contributed by atoms with Crippen LogP contribution in [0.25, 0.3) is 0 Å². The summed E-state index contributed by atoms with van der Waals surface area (Å²) in [4.78, 5) is 12.7. The molecule has 0 aliphatic heterocycles. The van der Waals surface area contributed by atoms with Gasteiger partial charge in [0, 0.05) is 6.54 Å². The first-order chi connectivity index (χ1) is 15.3. The zero-order valence-electron chi connectivity index (χ0n) is 18.2. The Balaban J connectivity index is 1.70. The van der Waals surface area contributed by atoms with Crippen molar-refractivity contribution < 1.29 is 17.6 Å². The number of anilines is 1. The molecule has 0 saturated heterocycles. The lowest BCUT2D eigenvalue weighted by molar-refractivity contribution is -0.119. The predicted molar refractivity (Wildman–Crippen MR) is 125 cm³/mol. The van der Waals surface area contributed by atoms with E-state index in [1.807, 2.05) is 32.0 Å². The largest absolute Gasteiger partial charge is 0.355 e. The quantitative estimate of drug-likeness (QED) is 0.488. The van der Waals surface area contributed by atoms with E-state index in [9.17, 15) is 17.6 Å². The standard InChI is InChI=1S/C25H27FN2O3S/c1-19-8-14-24(15-9-19)32(30,31)28(23-12-10-22(26)11-13-23)18-25(29)27-16-4-7-21-6-3-5-20(2)17-21/h3,5-6,8-15,17H,4,7,16,18H2,1-2H3,(H,27,29). The molecule has 1 amide bonds. The van der Waals surface area contributed by atoms with Crippen molar-refractivity contribution in [1.29, 1.82) is 0 Å². The number of nitrogens with zero attached hydrogens (tertiary/aromatic N) is 1. The molecule has 5 nitrogen and oxygen atoms in total. The lowest BCUT2D eigenvalue weighted by Gasteiger charge is -2.24. The molecule has 0 spiro atoms. The number of nitrogens with one attached hydrogen (secondary N) is 1. The third-order valence-corrected chi connectivity index (χ3v) is 6.85. The van der Waals surface area contributed by atoms with Gasteiger partial charge in [-0.05, 0) is 68.7 Å². The topological polar surface area (TPSA) is 66.5 Å². The number of amides is 1. The van der Waals surface area contributed by atoms with E-state index in [1.54, 1.807) is 12.1 Å². The second-order valence-electron chi connectivity index (χ2n) is 7.74. The van der Waals surface area contributed by atoms with Crippen LogP contribution in [0.3, 0.4) is 0 Å². The highest BCUT2D eigenvalue weighted by atomic mass is 32.2. The van der Waals surface area contributed by atoms with Gasteiger partial charge in [-0.2, -0.15) is 0 Å².